The number of hydrogen-bond acceptors (Lipinski definition) is 7. The summed E-state index contributed by atoms with van der Waals surface area (Å²) in [7, 11) is 0. The van der Waals surface area contributed by atoms with Crippen LogP contribution in [-0.4, -0.2) is 30.9 Å². The summed E-state index contributed by atoms with van der Waals surface area (Å²) in [6.45, 7) is 0.452. The van der Waals surface area contributed by atoms with Crippen LogP contribution in [0.4, 0.5) is 0 Å². The third-order valence-corrected chi connectivity index (χ3v) is 7.25. The van der Waals surface area contributed by atoms with Gasteiger partial charge in [-0.2, -0.15) is 0 Å². The Hall–Kier alpha value is -3.82. The summed E-state index contributed by atoms with van der Waals surface area (Å²) < 4.78 is 2.08. The average molecular weight is 499 g/mol. The van der Waals surface area contributed by atoms with Gasteiger partial charge in [0, 0.05) is 18.7 Å². The number of nitrogens with one attached hydrogen (secondary N) is 1. The Morgan fingerprint density at radius 2 is 1.46 bits per heavy atom. The SMILES string of the molecule is O=C(NCc1ccccc1)c1nnc(CSc2nnc(Cc3ccccc3)n2-c2ccccc2)s1. The highest BCUT2D eigenvalue weighted by atomic mass is 32.2. The Balaban J connectivity index is 1.28. The minimum absolute atomic E-state index is 0.222. The molecule has 1 amide bonds. The topological polar surface area (TPSA) is 85.6 Å². The van der Waals surface area contributed by atoms with Crippen molar-refractivity contribution in [2.45, 2.75) is 23.9 Å². The van der Waals surface area contributed by atoms with Crippen LogP contribution in [0.25, 0.3) is 5.69 Å². The second-order valence-corrected chi connectivity index (χ2v) is 9.69. The molecular formula is C26H22N6OS2. The minimum atomic E-state index is -0.222. The summed E-state index contributed by atoms with van der Waals surface area (Å²) in [5, 5.41) is 22.0. The Kier molecular flexibility index (Phi) is 7.26. The summed E-state index contributed by atoms with van der Waals surface area (Å²) >= 11 is 2.82. The van der Waals surface area contributed by atoms with Crippen LogP contribution in [0.3, 0.4) is 0 Å². The largest absolute Gasteiger partial charge is 0.346 e. The molecule has 174 valence electrons. The lowest BCUT2D eigenvalue weighted by atomic mass is 10.1. The first-order chi connectivity index (χ1) is 17.3. The monoisotopic (exact) mass is 498 g/mol. The van der Waals surface area contributed by atoms with E-state index < -0.39 is 0 Å². The molecule has 2 heterocycles. The summed E-state index contributed by atoms with van der Waals surface area (Å²) in [6.07, 6.45) is 0.674. The number of hydrogen-bond donors (Lipinski definition) is 1. The van der Waals surface area contributed by atoms with E-state index in [-0.39, 0.29) is 5.91 Å². The molecule has 0 saturated carbocycles. The number of aromatic nitrogens is 5. The molecule has 0 aliphatic heterocycles. The number of rotatable bonds is 9. The third-order valence-electron chi connectivity index (χ3n) is 5.20. The quantitative estimate of drug-likeness (QED) is 0.290. The molecule has 1 N–H and O–H groups in total. The van der Waals surface area contributed by atoms with Crippen LogP contribution in [0.15, 0.2) is 96.2 Å². The molecule has 0 atom stereocenters. The predicted octanol–water partition coefficient (Wildman–Crippen LogP) is 4.93. The number of para-hydroxylation sites is 1. The zero-order valence-corrected chi connectivity index (χ0v) is 20.4. The van der Waals surface area contributed by atoms with Crippen molar-refractivity contribution in [3.8, 4) is 5.69 Å². The van der Waals surface area contributed by atoms with E-state index in [0.717, 1.165) is 27.2 Å². The van der Waals surface area contributed by atoms with Gasteiger partial charge in [0.05, 0.1) is 5.75 Å². The van der Waals surface area contributed by atoms with Crippen LogP contribution in [0.2, 0.25) is 0 Å². The Morgan fingerprint density at radius 3 is 2.17 bits per heavy atom. The summed E-state index contributed by atoms with van der Waals surface area (Å²) in [5.74, 6) is 1.18. The van der Waals surface area contributed by atoms with E-state index in [1.807, 2.05) is 78.9 Å². The van der Waals surface area contributed by atoms with E-state index in [1.54, 1.807) is 0 Å². The molecule has 3 aromatic carbocycles. The first-order valence-electron chi connectivity index (χ1n) is 11.1. The highest BCUT2D eigenvalue weighted by Crippen LogP contribution is 2.27. The van der Waals surface area contributed by atoms with E-state index in [9.17, 15) is 4.79 Å². The van der Waals surface area contributed by atoms with Crippen molar-refractivity contribution >= 4 is 29.0 Å². The summed E-state index contributed by atoms with van der Waals surface area (Å²) in [5.41, 5.74) is 3.21. The molecule has 0 aliphatic carbocycles. The van der Waals surface area contributed by atoms with E-state index in [2.05, 4.69) is 42.4 Å². The molecule has 0 radical (unpaired) electrons. The maximum absolute atomic E-state index is 12.5. The fourth-order valence-electron chi connectivity index (χ4n) is 3.51. The molecule has 0 saturated heterocycles. The van der Waals surface area contributed by atoms with Crippen molar-refractivity contribution < 1.29 is 4.79 Å². The molecule has 9 heteroatoms. The van der Waals surface area contributed by atoms with Gasteiger partial charge in [-0.25, -0.2) is 0 Å². The van der Waals surface area contributed by atoms with Gasteiger partial charge in [0.15, 0.2) is 5.16 Å². The van der Waals surface area contributed by atoms with Crippen molar-refractivity contribution in [1.82, 2.24) is 30.3 Å². The summed E-state index contributed by atoms with van der Waals surface area (Å²) in [4.78, 5) is 12.5. The zero-order chi connectivity index (χ0) is 23.9. The van der Waals surface area contributed by atoms with Crippen molar-refractivity contribution in [3.05, 3.63) is 118 Å². The molecule has 7 nitrogen and oxygen atoms in total. The van der Waals surface area contributed by atoms with Gasteiger partial charge in [0.1, 0.15) is 10.8 Å². The van der Waals surface area contributed by atoms with Crippen LogP contribution in [0.1, 0.15) is 31.8 Å². The number of benzene rings is 3. The maximum Gasteiger partial charge on any atom is 0.282 e. The maximum atomic E-state index is 12.5. The number of thioether (sulfide) groups is 1. The number of amides is 1. The predicted molar refractivity (Wildman–Crippen MR) is 138 cm³/mol. The molecule has 0 unspecified atom stereocenters. The van der Waals surface area contributed by atoms with Gasteiger partial charge in [0.25, 0.3) is 5.91 Å². The van der Waals surface area contributed by atoms with Gasteiger partial charge in [-0.15, -0.1) is 20.4 Å². The molecule has 0 bridgehead atoms. The van der Waals surface area contributed by atoms with Crippen molar-refractivity contribution in [2.24, 2.45) is 0 Å². The fourth-order valence-corrected chi connectivity index (χ4v) is 5.22. The first kappa shape index (κ1) is 22.9. The Labute approximate surface area is 211 Å². The van der Waals surface area contributed by atoms with Gasteiger partial charge in [-0.05, 0) is 23.3 Å². The highest BCUT2D eigenvalue weighted by molar-refractivity contribution is 7.98. The van der Waals surface area contributed by atoms with E-state index >= 15 is 0 Å². The molecule has 0 fully saturated rings. The average Bonchev–Trinajstić information content (AvgIpc) is 3.55. The first-order valence-corrected chi connectivity index (χ1v) is 12.9. The normalized spacial score (nSPS) is 10.9. The second kappa shape index (κ2) is 11.1. The molecule has 5 aromatic rings. The number of carbonyl (C=O) groups is 1. The lowest BCUT2D eigenvalue weighted by Gasteiger charge is -2.10. The zero-order valence-electron chi connectivity index (χ0n) is 18.7. The van der Waals surface area contributed by atoms with Crippen molar-refractivity contribution in [2.75, 3.05) is 0 Å². The minimum Gasteiger partial charge on any atom is -0.346 e. The molecular weight excluding hydrogens is 476 g/mol. The van der Waals surface area contributed by atoms with Crippen LogP contribution in [0.5, 0.6) is 0 Å². The van der Waals surface area contributed by atoms with Gasteiger partial charge < -0.3 is 5.32 Å². The van der Waals surface area contributed by atoms with Gasteiger partial charge in [-0.1, -0.05) is 102 Å². The van der Waals surface area contributed by atoms with Crippen LogP contribution in [-0.2, 0) is 18.7 Å². The standard InChI is InChI=1S/C26H22N6OS2/c33-24(27-17-20-12-6-2-7-13-20)25-30-29-23(35-25)18-34-26-31-28-22(16-19-10-4-1-5-11-19)32(26)21-14-8-3-9-15-21/h1-15H,16-18H2,(H,27,33). The van der Waals surface area contributed by atoms with Gasteiger partial charge in [0.2, 0.25) is 5.01 Å². The van der Waals surface area contributed by atoms with E-state index in [0.29, 0.717) is 23.7 Å². The molecule has 0 spiro atoms. The lowest BCUT2D eigenvalue weighted by Crippen LogP contribution is -2.22. The van der Waals surface area contributed by atoms with Crippen molar-refractivity contribution in [3.63, 3.8) is 0 Å². The lowest BCUT2D eigenvalue weighted by molar-refractivity contribution is 0.0950. The highest BCUT2D eigenvalue weighted by Gasteiger charge is 2.17. The third kappa shape index (κ3) is 5.82. The Bertz CT molecular complexity index is 1390. The van der Waals surface area contributed by atoms with Gasteiger partial charge in [-0.3, -0.25) is 9.36 Å². The van der Waals surface area contributed by atoms with E-state index in [1.165, 1.54) is 28.7 Å². The molecule has 2 aromatic heterocycles. The number of nitrogens with zero attached hydrogens (tertiary/aromatic N) is 5. The molecule has 0 aliphatic rings. The fraction of sp³-hybridized carbons (Fsp3) is 0.115. The van der Waals surface area contributed by atoms with Crippen LogP contribution in [0, 0.1) is 0 Å². The number of carbonyl (C=O) groups excluding carboxylic acids is 1. The molecule has 35 heavy (non-hydrogen) atoms. The van der Waals surface area contributed by atoms with Crippen molar-refractivity contribution in [1.29, 1.82) is 0 Å². The second-order valence-electron chi connectivity index (χ2n) is 7.69. The van der Waals surface area contributed by atoms with Crippen LogP contribution < -0.4 is 5.32 Å². The van der Waals surface area contributed by atoms with E-state index in [4.69, 9.17) is 0 Å². The molecule has 5 rings (SSSR count). The smallest absolute Gasteiger partial charge is 0.282 e. The Morgan fingerprint density at radius 1 is 0.800 bits per heavy atom. The van der Waals surface area contributed by atoms with Gasteiger partial charge >= 0.3 is 0 Å². The van der Waals surface area contributed by atoms with Crippen LogP contribution >= 0.6 is 23.1 Å². The summed E-state index contributed by atoms with van der Waals surface area (Å²) in [6, 6.07) is 30.1.